The van der Waals surface area contributed by atoms with E-state index in [4.69, 9.17) is 13.2 Å². The van der Waals surface area contributed by atoms with Gasteiger partial charge in [0.05, 0.1) is 0 Å². The van der Waals surface area contributed by atoms with Gasteiger partial charge in [-0.15, -0.1) is 0 Å². The first-order valence-electron chi connectivity index (χ1n) is 15.3. The Kier molecular flexibility index (Phi) is 6.69. The first kappa shape index (κ1) is 28.7. The molecular formula is C40H50. The summed E-state index contributed by atoms with van der Waals surface area (Å²) in [4.78, 5) is 0. The van der Waals surface area contributed by atoms with Crippen LogP contribution in [-0.2, 0) is 6.42 Å². The first-order valence-corrected chi connectivity index (χ1v) is 15.3. The summed E-state index contributed by atoms with van der Waals surface area (Å²) in [6, 6.07) is 16.3. The summed E-state index contributed by atoms with van der Waals surface area (Å²) < 4.78 is 0. The monoisotopic (exact) mass is 530 g/mol. The molecule has 0 N–H and O–H groups in total. The lowest BCUT2D eigenvalue weighted by Gasteiger charge is -2.67. The molecule has 0 nitrogen and oxygen atoms in total. The molecule has 2 aromatic carbocycles. The molecule has 0 spiro atoms. The number of hydrogen-bond donors (Lipinski definition) is 0. The summed E-state index contributed by atoms with van der Waals surface area (Å²) in [7, 11) is 0. The molecule has 0 bridgehead atoms. The lowest BCUT2D eigenvalue weighted by Crippen LogP contribution is -2.59. The van der Waals surface area contributed by atoms with E-state index in [1.165, 1.54) is 61.3 Å². The normalized spacial score (nSPS) is 31.8. The van der Waals surface area contributed by atoms with Gasteiger partial charge in [0.15, 0.2) is 0 Å². The molecule has 0 aromatic heterocycles. The van der Waals surface area contributed by atoms with Gasteiger partial charge in [0.1, 0.15) is 0 Å². The van der Waals surface area contributed by atoms with E-state index in [0.717, 1.165) is 18.4 Å². The van der Waals surface area contributed by atoms with Crippen molar-refractivity contribution in [1.29, 1.82) is 0 Å². The number of allylic oxidation sites excluding steroid dienone is 7. The van der Waals surface area contributed by atoms with Crippen molar-refractivity contribution in [3.63, 3.8) is 0 Å². The second-order valence-electron chi connectivity index (χ2n) is 14.3. The van der Waals surface area contributed by atoms with Crippen molar-refractivity contribution in [3.8, 4) is 0 Å². The van der Waals surface area contributed by atoms with Gasteiger partial charge in [-0.2, -0.15) is 0 Å². The summed E-state index contributed by atoms with van der Waals surface area (Å²) in [5.41, 5.74) is 16.1. The van der Waals surface area contributed by atoms with Crippen LogP contribution < -0.4 is 0 Å². The Morgan fingerprint density at radius 1 is 1.00 bits per heavy atom. The third-order valence-corrected chi connectivity index (χ3v) is 12.1. The molecule has 0 aliphatic heterocycles. The summed E-state index contributed by atoms with van der Waals surface area (Å²) in [6.45, 7) is 38.0. The molecule has 0 saturated heterocycles. The maximum absolute atomic E-state index is 4.88. The van der Waals surface area contributed by atoms with Crippen LogP contribution in [0.5, 0.6) is 0 Å². The highest BCUT2D eigenvalue weighted by molar-refractivity contribution is 5.87. The molecule has 0 unspecified atom stereocenters. The maximum Gasteiger partial charge on any atom is 0.0196 e. The lowest BCUT2D eigenvalue weighted by atomic mass is 9.36. The molecule has 5 rings (SSSR count). The molecule has 40 heavy (non-hydrogen) atoms. The van der Waals surface area contributed by atoms with E-state index < -0.39 is 0 Å². The van der Waals surface area contributed by atoms with Gasteiger partial charge in [0.25, 0.3) is 0 Å². The van der Waals surface area contributed by atoms with Gasteiger partial charge in [-0.3, -0.25) is 0 Å². The maximum atomic E-state index is 4.88. The van der Waals surface area contributed by atoms with Gasteiger partial charge in [-0.05, 0) is 114 Å². The zero-order valence-corrected chi connectivity index (χ0v) is 26.8. The van der Waals surface area contributed by atoms with Crippen LogP contribution >= 0.6 is 0 Å². The van der Waals surface area contributed by atoms with Crippen molar-refractivity contribution in [2.24, 2.45) is 22.2 Å². The fraction of sp³-hybridized carbons (Fsp3) is 0.450. The van der Waals surface area contributed by atoms with Crippen LogP contribution in [0.3, 0.4) is 0 Å². The van der Waals surface area contributed by atoms with Crippen LogP contribution in [0.25, 0.3) is 5.57 Å². The molecular weight excluding hydrogens is 480 g/mol. The SMILES string of the molecule is C=C(C)C1=C(C)C[C@@]2(C)[C@H](C)[C@]3(C)C(=C(C)[C@@]2(C)C1=C)C(=C)c1c(C)cccc1[C@H]3Cc1cccc(C(C)C)c1. The van der Waals surface area contributed by atoms with E-state index in [1.54, 1.807) is 0 Å². The Labute approximate surface area is 244 Å². The van der Waals surface area contributed by atoms with Gasteiger partial charge >= 0.3 is 0 Å². The van der Waals surface area contributed by atoms with E-state index in [1.807, 2.05) is 0 Å². The molecule has 2 aromatic rings. The van der Waals surface area contributed by atoms with Crippen LogP contribution in [-0.4, -0.2) is 0 Å². The highest BCUT2D eigenvalue weighted by Gasteiger charge is 2.65. The van der Waals surface area contributed by atoms with Crippen molar-refractivity contribution in [2.45, 2.75) is 93.9 Å². The molecule has 0 amide bonds. The van der Waals surface area contributed by atoms with E-state index in [0.29, 0.717) is 17.8 Å². The topological polar surface area (TPSA) is 0 Å². The van der Waals surface area contributed by atoms with Crippen LogP contribution in [0.2, 0.25) is 0 Å². The fourth-order valence-electron chi connectivity index (χ4n) is 9.57. The molecule has 210 valence electrons. The molecule has 3 aliphatic carbocycles. The molecule has 5 atom stereocenters. The highest BCUT2D eigenvalue weighted by Crippen LogP contribution is 2.74. The molecule has 0 saturated carbocycles. The second kappa shape index (κ2) is 9.34. The van der Waals surface area contributed by atoms with Gasteiger partial charge in [-0.1, -0.05) is 120 Å². The minimum absolute atomic E-state index is 0.0229. The summed E-state index contributed by atoms with van der Waals surface area (Å²) >= 11 is 0. The Hall–Kier alpha value is -2.86. The Morgan fingerprint density at radius 3 is 2.27 bits per heavy atom. The van der Waals surface area contributed by atoms with E-state index >= 15 is 0 Å². The van der Waals surface area contributed by atoms with E-state index in [-0.39, 0.29) is 16.2 Å². The zero-order valence-electron chi connectivity index (χ0n) is 26.8. The zero-order chi connectivity index (χ0) is 29.5. The Bertz CT molecular complexity index is 1520. The molecule has 0 radical (unpaired) electrons. The smallest absolute Gasteiger partial charge is 0.0196 e. The minimum Gasteiger partial charge on any atom is -0.0955 e. The van der Waals surface area contributed by atoms with Crippen molar-refractivity contribution in [1.82, 2.24) is 0 Å². The lowest BCUT2D eigenvalue weighted by molar-refractivity contribution is -0.0285. The van der Waals surface area contributed by atoms with Gasteiger partial charge in [0, 0.05) is 10.8 Å². The largest absolute Gasteiger partial charge is 0.0955 e. The second-order valence-corrected chi connectivity index (χ2v) is 14.3. The Morgan fingerprint density at radius 2 is 1.65 bits per heavy atom. The Balaban J connectivity index is 1.82. The van der Waals surface area contributed by atoms with Crippen molar-refractivity contribution in [2.75, 3.05) is 0 Å². The first-order chi connectivity index (χ1) is 18.6. The number of hydrogen-bond acceptors (Lipinski definition) is 0. The van der Waals surface area contributed by atoms with Crippen LogP contribution in [0.15, 0.2) is 95.6 Å². The number of aryl methyl sites for hydroxylation is 1. The quantitative estimate of drug-likeness (QED) is 0.369. The van der Waals surface area contributed by atoms with Crippen molar-refractivity contribution < 1.29 is 0 Å². The van der Waals surface area contributed by atoms with Crippen molar-refractivity contribution in [3.05, 3.63) is 123 Å². The fourth-order valence-corrected chi connectivity index (χ4v) is 9.57. The third kappa shape index (κ3) is 3.57. The van der Waals surface area contributed by atoms with Gasteiger partial charge in [-0.25, -0.2) is 0 Å². The van der Waals surface area contributed by atoms with Gasteiger partial charge < -0.3 is 0 Å². The number of fused-ring (bicyclic) bond motifs is 3. The van der Waals surface area contributed by atoms with Crippen LogP contribution in [0.1, 0.15) is 108 Å². The minimum atomic E-state index is -0.166. The molecule has 0 fully saturated rings. The molecule has 3 aliphatic rings. The molecule has 0 heterocycles. The number of benzene rings is 2. The third-order valence-electron chi connectivity index (χ3n) is 12.1. The predicted molar refractivity (Wildman–Crippen MR) is 175 cm³/mol. The number of rotatable bonds is 4. The molecule has 0 heteroatoms. The van der Waals surface area contributed by atoms with E-state index in [2.05, 4.69) is 118 Å². The van der Waals surface area contributed by atoms with Crippen LogP contribution in [0.4, 0.5) is 0 Å². The predicted octanol–water partition coefficient (Wildman–Crippen LogP) is 11.3. The average molecular weight is 531 g/mol. The highest BCUT2D eigenvalue weighted by atomic mass is 14.7. The van der Waals surface area contributed by atoms with Crippen molar-refractivity contribution >= 4 is 5.57 Å². The summed E-state index contributed by atoms with van der Waals surface area (Å²) in [6.07, 6.45) is 2.09. The van der Waals surface area contributed by atoms with Gasteiger partial charge in [0.2, 0.25) is 0 Å². The van der Waals surface area contributed by atoms with Crippen LogP contribution in [0, 0.1) is 29.1 Å². The summed E-state index contributed by atoms with van der Waals surface area (Å²) in [5, 5.41) is 0. The standard InChI is InChI=1S/C40H50/c1-23(2)32-18-15-17-31(20-32)21-34-33-19-14-16-25(5)36(33)27(7)37-29(9)40(13)28(8)35(24(3)4)26(6)22-38(40,11)30(10)39(34,37)12/h14-20,23,30,34H,3,7-8,21-22H2,1-2,4-6,9-13H3/t30-,34+,38-,39-,40+/m0/s1. The van der Waals surface area contributed by atoms with E-state index in [9.17, 15) is 0 Å². The summed E-state index contributed by atoms with van der Waals surface area (Å²) in [5.74, 6) is 1.29. The average Bonchev–Trinajstić information content (AvgIpc) is 2.88.